The third-order valence-electron chi connectivity index (χ3n) is 2.72. The molecule has 7 nitrogen and oxygen atoms in total. The average Bonchev–Trinajstić information content (AvgIpc) is 2.31. The SMILES string of the molecule is COC(=O)CC1NCCN(CC(=O)OC(C)(C)C)C1=O. The third-order valence-corrected chi connectivity index (χ3v) is 2.72. The van der Waals surface area contributed by atoms with Gasteiger partial charge in [-0.15, -0.1) is 0 Å². The molecule has 1 amide bonds. The normalized spacial score (nSPS) is 19.7. The van der Waals surface area contributed by atoms with Crippen LogP contribution in [0.5, 0.6) is 0 Å². The molecule has 0 spiro atoms. The number of carbonyl (C=O) groups is 3. The maximum Gasteiger partial charge on any atom is 0.326 e. The van der Waals surface area contributed by atoms with E-state index in [0.29, 0.717) is 13.1 Å². The summed E-state index contributed by atoms with van der Waals surface area (Å²) in [6.45, 7) is 6.14. The Morgan fingerprint density at radius 2 is 2.00 bits per heavy atom. The highest BCUT2D eigenvalue weighted by atomic mass is 16.6. The van der Waals surface area contributed by atoms with Crippen molar-refractivity contribution in [2.45, 2.75) is 38.8 Å². The van der Waals surface area contributed by atoms with Crippen LogP contribution in [0.2, 0.25) is 0 Å². The van der Waals surface area contributed by atoms with Crippen molar-refractivity contribution in [2.75, 3.05) is 26.7 Å². The number of methoxy groups -OCH3 is 1. The Morgan fingerprint density at radius 1 is 1.35 bits per heavy atom. The zero-order valence-electron chi connectivity index (χ0n) is 12.4. The van der Waals surface area contributed by atoms with Gasteiger partial charge in [0.15, 0.2) is 0 Å². The lowest BCUT2D eigenvalue weighted by Crippen LogP contribution is -2.57. The summed E-state index contributed by atoms with van der Waals surface area (Å²) in [5.41, 5.74) is -0.584. The fourth-order valence-electron chi connectivity index (χ4n) is 1.89. The van der Waals surface area contributed by atoms with Gasteiger partial charge in [-0.05, 0) is 20.8 Å². The number of rotatable bonds is 4. The van der Waals surface area contributed by atoms with Gasteiger partial charge in [-0.2, -0.15) is 0 Å². The maximum atomic E-state index is 12.1. The van der Waals surface area contributed by atoms with E-state index in [-0.39, 0.29) is 18.9 Å². The molecule has 1 N–H and O–H groups in total. The first kappa shape index (κ1) is 16.4. The number of hydrogen-bond acceptors (Lipinski definition) is 6. The minimum absolute atomic E-state index is 0.0415. The van der Waals surface area contributed by atoms with Gasteiger partial charge in [0.05, 0.1) is 19.6 Å². The maximum absolute atomic E-state index is 12.1. The summed E-state index contributed by atoms with van der Waals surface area (Å²) in [7, 11) is 1.27. The van der Waals surface area contributed by atoms with Crippen LogP contribution in [0.3, 0.4) is 0 Å². The lowest BCUT2D eigenvalue weighted by Gasteiger charge is -2.32. The van der Waals surface area contributed by atoms with Crippen LogP contribution in [0, 0.1) is 0 Å². The second kappa shape index (κ2) is 6.69. The van der Waals surface area contributed by atoms with Crippen LogP contribution in [-0.2, 0) is 23.9 Å². The van der Waals surface area contributed by atoms with E-state index in [9.17, 15) is 14.4 Å². The highest BCUT2D eigenvalue weighted by Crippen LogP contribution is 2.10. The van der Waals surface area contributed by atoms with Crippen LogP contribution in [0.4, 0.5) is 0 Å². The number of piperazine rings is 1. The molecule has 0 bridgehead atoms. The van der Waals surface area contributed by atoms with Crippen molar-refractivity contribution in [3.05, 3.63) is 0 Å². The molecule has 0 aliphatic carbocycles. The van der Waals surface area contributed by atoms with Gasteiger partial charge in [-0.1, -0.05) is 0 Å². The third kappa shape index (κ3) is 5.16. The molecule has 1 unspecified atom stereocenters. The predicted molar refractivity (Wildman–Crippen MR) is 70.8 cm³/mol. The fraction of sp³-hybridized carbons (Fsp3) is 0.769. The van der Waals surface area contributed by atoms with Crippen molar-refractivity contribution in [3.63, 3.8) is 0 Å². The quantitative estimate of drug-likeness (QED) is 0.714. The molecule has 1 rings (SSSR count). The number of ether oxygens (including phenoxy) is 2. The van der Waals surface area contributed by atoms with Crippen molar-refractivity contribution in [1.29, 1.82) is 0 Å². The van der Waals surface area contributed by atoms with Gasteiger partial charge in [-0.3, -0.25) is 14.4 Å². The van der Waals surface area contributed by atoms with Crippen LogP contribution < -0.4 is 5.32 Å². The Kier molecular flexibility index (Phi) is 5.50. The Labute approximate surface area is 118 Å². The largest absolute Gasteiger partial charge is 0.469 e. The fourth-order valence-corrected chi connectivity index (χ4v) is 1.89. The molecule has 1 aliphatic rings. The number of carbonyl (C=O) groups excluding carboxylic acids is 3. The smallest absolute Gasteiger partial charge is 0.326 e. The molecule has 1 fully saturated rings. The van der Waals surface area contributed by atoms with Crippen molar-refractivity contribution < 1.29 is 23.9 Å². The lowest BCUT2D eigenvalue weighted by atomic mass is 10.1. The summed E-state index contributed by atoms with van der Waals surface area (Å²) >= 11 is 0. The first-order chi connectivity index (χ1) is 9.23. The van der Waals surface area contributed by atoms with Gasteiger partial charge in [0, 0.05) is 13.1 Å². The standard InChI is InChI=1S/C13H22N2O5/c1-13(2,3)20-11(17)8-15-6-5-14-9(12(15)18)7-10(16)19-4/h9,14H,5-8H2,1-4H3. The molecule has 0 radical (unpaired) electrons. The van der Waals surface area contributed by atoms with E-state index in [1.54, 1.807) is 20.8 Å². The first-order valence-corrected chi connectivity index (χ1v) is 6.54. The molecule has 1 atom stereocenters. The highest BCUT2D eigenvalue weighted by Gasteiger charge is 2.32. The Bertz CT molecular complexity index is 389. The summed E-state index contributed by atoms with van der Waals surface area (Å²) in [4.78, 5) is 36.5. The minimum Gasteiger partial charge on any atom is -0.469 e. The van der Waals surface area contributed by atoms with Gasteiger partial charge in [0.1, 0.15) is 12.1 Å². The van der Waals surface area contributed by atoms with Gasteiger partial charge >= 0.3 is 11.9 Å². The lowest BCUT2D eigenvalue weighted by molar-refractivity contribution is -0.160. The molecule has 1 aliphatic heterocycles. The first-order valence-electron chi connectivity index (χ1n) is 6.54. The molecule has 114 valence electrons. The Balaban J connectivity index is 2.56. The molecule has 1 saturated heterocycles. The summed E-state index contributed by atoms with van der Waals surface area (Å²) in [6.07, 6.45) is -0.0415. The van der Waals surface area contributed by atoms with Crippen molar-refractivity contribution in [3.8, 4) is 0 Å². The predicted octanol–water partition coefficient (Wildman–Crippen LogP) is -0.308. The zero-order chi connectivity index (χ0) is 15.3. The van der Waals surface area contributed by atoms with Gasteiger partial charge in [-0.25, -0.2) is 0 Å². The summed E-state index contributed by atoms with van der Waals surface area (Å²) in [5.74, 6) is -1.20. The summed E-state index contributed by atoms with van der Waals surface area (Å²) in [6, 6.07) is -0.640. The van der Waals surface area contributed by atoms with Crippen LogP contribution in [0.25, 0.3) is 0 Å². The van der Waals surface area contributed by atoms with Crippen molar-refractivity contribution in [1.82, 2.24) is 10.2 Å². The Hall–Kier alpha value is -1.63. The number of nitrogens with one attached hydrogen (secondary N) is 1. The van der Waals surface area contributed by atoms with Crippen molar-refractivity contribution in [2.24, 2.45) is 0 Å². The van der Waals surface area contributed by atoms with Crippen LogP contribution >= 0.6 is 0 Å². The summed E-state index contributed by atoms with van der Waals surface area (Å²) < 4.78 is 9.72. The Morgan fingerprint density at radius 3 is 2.55 bits per heavy atom. The molecule has 0 aromatic rings. The van der Waals surface area contributed by atoms with Crippen LogP contribution in [0.15, 0.2) is 0 Å². The molecule has 20 heavy (non-hydrogen) atoms. The molecule has 0 aromatic heterocycles. The van der Waals surface area contributed by atoms with E-state index < -0.39 is 23.6 Å². The second-order valence-corrected chi connectivity index (χ2v) is 5.63. The van der Waals surface area contributed by atoms with Gasteiger partial charge < -0.3 is 19.7 Å². The van der Waals surface area contributed by atoms with Gasteiger partial charge in [0.25, 0.3) is 0 Å². The molecular formula is C13H22N2O5. The van der Waals surface area contributed by atoms with E-state index in [4.69, 9.17) is 4.74 Å². The average molecular weight is 286 g/mol. The number of esters is 2. The van der Waals surface area contributed by atoms with Crippen LogP contribution in [0.1, 0.15) is 27.2 Å². The van der Waals surface area contributed by atoms with E-state index in [2.05, 4.69) is 10.1 Å². The molecule has 0 aromatic carbocycles. The van der Waals surface area contributed by atoms with Crippen molar-refractivity contribution >= 4 is 17.8 Å². The van der Waals surface area contributed by atoms with E-state index in [1.807, 2.05) is 0 Å². The van der Waals surface area contributed by atoms with E-state index in [0.717, 1.165) is 0 Å². The summed E-state index contributed by atoms with van der Waals surface area (Å²) in [5, 5.41) is 2.94. The molecule has 0 saturated carbocycles. The minimum atomic E-state index is -0.640. The molecule has 1 heterocycles. The van der Waals surface area contributed by atoms with Gasteiger partial charge in [0.2, 0.25) is 5.91 Å². The number of amides is 1. The number of nitrogens with zero attached hydrogens (tertiary/aromatic N) is 1. The zero-order valence-corrected chi connectivity index (χ0v) is 12.4. The van der Waals surface area contributed by atoms with E-state index >= 15 is 0 Å². The number of hydrogen-bond donors (Lipinski definition) is 1. The molecular weight excluding hydrogens is 264 g/mol. The highest BCUT2D eigenvalue weighted by molar-refractivity contribution is 5.89. The monoisotopic (exact) mass is 286 g/mol. The van der Waals surface area contributed by atoms with Crippen LogP contribution in [-0.4, -0.2) is 61.1 Å². The molecule has 7 heteroatoms. The second-order valence-electron chi connectivity index (χ2n) is 5.63. The van der Waals surface area contributed by atoms with E-state index in [1.165, 1.54) is 12.0 Å². The topological polar surface area (TPSA) is 84.9 Å².